The highest BCUT2D eigenvalue weighted by atomic mass is 16.3. The highest BCUT2D eigenvalue weighted by Gasteiger charge is 2.13. The van der Waals surface area contributed by atoms with Gasteiger partial charge in [-0.05, 0) is 36.4 Å². The SMILES string of the molecule is O=C(Nc1ccccc1C(=O)N/N=C\c1ccc(O)cc1O)c1ccccc1. The van der Waals surface area contributed by atoms with E-state index >= 15 is 0 Å². The second-order valence-electron chi connectivity index (χ2n) is 5.81. The Labute approximate surface area is 161 Å². The first kappa shape index (κ1) is 18.7. The number of hydrazone groups is 1. The number of hydrogen-bond acceptors (Lipinski definition) is 5. The van der Waals surface area contributed by atoms with Crippen LogP contribution in [0.5, 0.6) is 11.5 Å². The van der Waals surface area contributed by atoms with E-state index in [1.54, 1.807) is 48.5 Å². The summed E-state index contributed by atoms with van der Waals surface area (Å²) in [6, 6.07) is 19.2. The van der Waals surface area contributed by atoms with Crippen LogP contribution < -0.4 is 10.7 Å². The fourth-order valence-electron chi connectivity index (χ4n) is 2.44. The van der Waals surface area contributed by atoms with Gasteiger partial charge < -0.3 is 15.5 Å². The van der Waals surface area contributed by atoms with Crippen LogP contribution in [0.25, 0.3) is 0 Å². The minimum absolute atomic E-state index is 0.0817. The topological polar surface area (TPSA) is 111 Å². The van der Waals surface area contributed by atoms with E-state index in [1.165, 1.54) is 18.3 Å². The van der Waals surface area contributed by atoms with Gasteiger partial charge in [0.2, 0.25) is 0 Å². The Morgan fingerprint density at radius 2 is 1.57 bits per heavy atom. The van der Waals surface area contributed by atoms with Crippen molar-refractivity contribution in [3.05, 3.63) is 89.5 Å². The molecule has 3 aromatic carbocycles. The Bertz CT molecular complexity index is 1030. The normalized spacial score (nSPS) is 10.6. The van der Waals surface area contributed by atoms with Crippen molar-refractivity contribution in [2.45, 2.75) is 0 Å². The van der Waals surface area contributed by atoms with Gasteiger partial charge in [-0.15, -0.1) is 0 Å². The molecular formula is C21H17N3O4. The van der Waals surface area contributed by atoms with Gasteiger partial charge in [0.1, 0.15) is 11.5 Å². The maximum atomic E-state index is 12.4. The summed E-state index contributed by atoms with van der Waals surface area (Å²) in [5, 5.41) is 25.5. The third-order valence-corrected chi connectivity index (χ3v) is 3.84. The van der Waals surface area contributed by atoms with Crippen LogP contribution >= 0.6 is 0 Å². The predicted octanol–water partition coefficient (Wildman–Crippen LogP) is 3.11. The van der Waals surface area contributed by atoms with Crippen LogP contribution in [-0.4, -0.2) is 28.2 Å². The molecule has 28 heavy (non-hydrogen) atoms. The Morgan fingerprint density at radius 3 is 2.32 bits per heavy atom. The Morgan fingerprint density at radius 1 is 0.857 bits per heavy atom. The van der Waals surface area contributed by atoms with Crippen molar-refractivity contribution in [3.8, 4) is 11.5 Å². The van der Waals surface area contributed by atoms with E-state index in [9.17, 15) is 19.8 Å². The first-order valence-corrected chi connectivity index (χ1v) is 8.35. The zero-order valence-corrected chi connectivity index (χ0v) is 14.7. The molecule has 0 fully saturated rings. The molecule has 0 unspecified atom stereocenters. The van der Waals surface area contributed by atoms with Crippen LogP contribution in [0.1, 0.15) is 26.3 Å². The van der Waals surface area contributed by atoms with Crippen LogP contribution in [0, 0.1) is 0 Å². The zero-order chi connectivity index (χ0) is 19.9. The standard InChI is InChI=1S/C21H17N3O4/c25-16-11-10-15(19(26)12-16)13-22-24-21(28)17-8-4-5-9-18(17)23-20(27)14-6-2-1-3-7-14/h1-13,25-26H,(H,23,27)(H,24,28)/b22-13-. The third-order valence-electron chi connectivity index (χ3n) is 3.84. The van der Waals surface area contributed by atoms with Gasteiger partial charge in [-0.25, -0.2) is 5.43 Å². The van der Waals surface area contributed by atoms with Crippen LogP contribution in [-0.2, 0) is 0 Å². The molecule has 0 atom stereocenters. The number of aromatic hydroxyl groups is 2. The number of phenolic OH excluding ortho intramolecular Hbond substituents is 2. The largest absolute Gasteiger partial charge is 0.508 e. The molecule has 0 aromatic heterocycles. The minimum Gasteiger partial charge on any atom is -0.508 e. The predicted molar refractivity (Wildman–Crippen MR) is 106 cm³/mol. The fourth-order valence-corrected chi connectivity index (χ4v) is 2.44. The van der Waals surface area contributed by atoms with Crippen LogP contribution in [0.15, 0.2) is 77.9 Å². The summed E-state index contributed by atoms with van der Waals surface area (Å²) in [5.74, 6) is -1.12. The van der Waals surface area contributed by atoms with Crippen molar-refractivity contribution < 1.29 is 19.8 Å². The molecule has 0 heterocycles. The van der Waals surface area contributed by atoms with Gasteiger partial charge in [0.15, 0.2) is 0 Å². The van der Waals surface area contributed by atoms with Crippen LogP contribution in [0.2, 0.25) is 0 Å². The van der Waals surface area contributed by atoms with Crippen LogP contribution in [0.3, 0.4) is 0 Å². The lowest BCUT2D eigenvalue weighted by atomic mass is 10.1. The number of rotatable bonds is 5. The maximum Gasteiger partial charge on any atom is 0.273 e. The molecule has 140 valence electrons. The van der Waals surface area contributed by atoms with Gasteiger partial charge in [-0.3, -0.25) is 9.59 Å². The van der Waals surface area contributed by atoms with Gasteiger partial charge in [-0.2, -0.15) is 5.10 Å². The number of carbonyl (C=O) groups is 2. The van der Waals surface area contributed by atoms with Gasteiger partial charge >= 0.3 is 0 Å². The number of nitrogens with one attached hydrogen (secondary N) is 2. The second kappa shape index (κ2) is 8.50. The lowest BCUT2D eigenvalue weighted by Gasteiger charge is -2.10. The number of carbonyl (C=O) groups excluding carboxylic acids is 2. The van der Waals surface area contributed by atoms with Crippen molar-refractivity contribution in [2.75, 3.05) is 5.32 Å². The molecule has 7 heteroatoms. The van der Waals surface area contributed by atoms with Crippen LogP contribution in [0.4, 0.5) is 5.69 Å². The van der Waals surface area contributed by atoms with E-state index in [0.29, 0.717) is 16.8 Å². The molecule has 0 saturated carbocycles. The monoisotopic (exact) mass is 375 g/mol. The number of amides is 2. The smallest absolute Gasteiger partial charge is 0.273 e. The molecule has 3 aromatic rings. The van der Waals surface area contributed by atoms with Gasteiger partial charge in [-0.1, -0.05) is 30.3 Å². The van der Waals surface area contributed by atoms with Crippen molar-refractivity contribution in [1.82, 2.24) is 5.43 Å². The summed E-state index contributed by atoms with van der Waals surface area (Å²) in [6.45, 7) is 0. The summed E-state index contributed by atoms with van der Waals surface area (Å²) in [6.07, 6.45) is 1.25. The molecule has 0 aliphatic heterocycles. The molecule has 0 aliphatic rings. The van der Waals surface area contributed by atoms with Crippen molar-refractivity contribution in [2.24, 2.45) is 5.10 Å². The maximum absolute atomic E-state index is 12.4. The number of benzene rings is 3. The van der Waals surface area contributed by atoms with E-state index in [-0.39, 0.29) is 23.0 Å². The van der Waals surface area contributed by atoms with Crippen molar-refractivity contribution in [3.63, 3.8) is 0 Å². The number of para-hydroxylation sites is 1. The molecule has 7 nitrogen and oxygen atoms in total. The second-order valence-corrected chi connectivity index (χ2v) is 5.81. The van der Waals surface area contributed by atoms with Crippen molar-refractivity contribution >= 4 is 23.7 Å². The summed E-state index contributed by atoms with van der Waals surface area (Å²) in [7, 11) is 0. The Hall–Kier alpha value is -4.13. The highest BCUT2D eigenvalue weighted by molar-refractivity contribution is 6.09. The summed E-state index contributed by atoms with van der Waals surface area (Å²) < 4.78 is 0. The first-order valence-electron chi connectivity index (χ1n) is 8.35. The molecule has 4 N–H and O–H groups in total. The molecule has 0 radical (unpaired) electrons. The number of phenols is 2. The Kier molecular flexibility index (Phi) is 5.66. The quantitative estimate of drug-likeness (QED) is 0.405. The first-order chi connectivity index (χ1) is 13.5. The van der Waals surface area contributed by atoms with Gasteiger partial charge in [0.05, 0.1) is 17.5 Å². The summed E-state index contributed by atoms with van der Waals surface area (Å²) >= 11 is 0. The molecule has 3 rings (SSSR count). The fraction of sp³-hybridized carbons (Fsp3) is 0. The molecule has 0 aliphatic carbocycles. The summed E-state index contributed by atoms with van der Waals surface area (Å²) in [5.41, 5.74) is 3.72. The van der Waals surface area contributed by atoms with Crippen molar-refractivity contribution in [1.29, 1.82) is 0 Å². The highest BCUT2D eigenvalue weighted by Crippen LogP contribution is 2.21. The average Bonchev–Trinajstić information content (AvgIpc) is 2.70. The van der Waals surface area contributed by atoms with E-state index in [1.807, 2.05) is 6.07 Å². The third kappa shape index (κ3) is 4.53. The lowest BCUT2D eigenvalue weighted by Crippen LogP contribution is -2.21. The average molecular weight is 375 g/mol. The lowest BCUT2D eigenvalue weighted by molar-refractivity contribution is 0.0956. The summed E-state index contributed by atoms with van der Waals surface area (Å²) in [4.78, 5) is 24.8. The number of hydrogen-bond donors (Lipinski definition) is 4. The number of anilines is 1. The molecule has 0 saturated heterocycles. The van der Waals surface area contributed by atoms with E-state index < -0.39 is 5.91 Å². The molecule has 0 bridgehead atoms. The van der Waals surface area contributed by atoms with E-state index in [0.717, 1.165) is 6.07 Å². The van der Waals surface area contributed by atoms with E-state index in [4.69, 9.17) is 0 Å². The van der Waals surface area contributed by atoms with Gasteiger partial charge in [0, 0.05) is 17.2 Å². The zero-order valence-electron chi connectivity index (χ0n) is 14.7. The minimum atomic E-state index is -0.529. The molecule has 2 amide bonds. The Balaban J connectivity index is 1.72. The van der Waals surface area contributed by atoms with Gasteiger partial charge in [0.25, 0.3) is 11.8 Å². The molecule has 0 spiro atoms. The van der Waals surface area contributed by atoms with E-state index in [2.05, 4.69) is 15.8 Å². The molecular weight excluding hydrogens is 358 g/mol. The number of nitrogens with zero attached hydrogens (tertiary/aromatic N) is 1.